The average Bonchev–Trinajstić information content (AvgIpc) is 0.783. The molecule has 1 amide bonds. The van der Waals surface area contributed by atoms with Crippen LogP contribution in [0, 0.1) is 0 Å². The number of aliphatic hydroxyl groups excluding tert-OH is 11. The predicted molar refractivity (Wildman–Crippen MR) is 461 cm³/mol. The van der Waals surface area contributed by atoms with Crippen LogP contribution in [0.25, 0.3) is 0 Å². The van der Waals surface area contributed by atoms with Crippen LogP contribution >= 0.6 is 0 Å². The SMILES string of the molecule is CC/C=C\C/C=C\C/C=C\C/C=C\C/C=C\C/C=C\C/C=C\C/C=C\C/C=C\CCCCCCCCCCCCCC(=O)NC(COC1OC(CO)C(OC2OC(CO)C(OC3OC(CO)C(O)C(O)C3O)C(O)C2O)C(O)C1O)C(O)CCCCCCCCCCCCCCCCCCCCCCCCCCCCCCCC. The molecule has 19 nitrogen and oxygen atoms in total. The third kappa shape index (κ3) is 51.2. The van der Waals surface area contributed by atoms with Crippen LogP contribution in [0.3, 0.4) is 0 Å². The first-order chi connectivity index (χ1) is 55.8. The summed E-state index contributed by atoms with van der Waals surface area (Å²) in [6.45, 7) is 1.73. The summed E-state index contributed by atoms with van der Waals surface area (Å²) in [6, 6.07) is -0.898. The number of ether oxygens (including phenoxy) is 6. The minimum absolute atomic E-state index is 0.245. The second-order valence-corrected chi connectivity index (χ2v) is 32.4. The van der Waals surface area contributed by atoms with Crippen LogP contribution in [0.1, 0.15) is 354 Å². The van der Waals surface area contributed by atoms with Gasteiger partial charge in [0.1, 0.15) is 73.2 Å². The molecule has 3 aliphatic heterocycles. The minimum Gasteiger partial charge on any atom is -0.394 e. The van der Waals surface area contributed by atoms with Crippen molar-refractivity contribution in [3.8, 4) is 0 Å². The highest BCUT2D eigenvalue weighted by Crippen LogP contribution is 2.34. The molecule has 17 unspecified atom stereocenters. The average molecular weight is 1610 g/mol. The number of carbonyl (C=O) groups excluding carboxylic acids is 1. The van der Waals surface area contributed by atoms with E-state index in [0.29, 0.717) is 12.8 Å². The second-order valence-electron chi connectivity index (χ2n) is 32.4. The van der Waals surface area contributed by atoms with Crippen molar-refractivity contribution in [1.29, 1.82) is 0 Å². The lowest BCUT2D eigenvalue weighted by atomic mass is 9.96. The van der Waals surface area contributed by atoms with Crippen molar-refractivity contribution in [3.63, 3.8) is 0 Å². The molecular formula is C95H167NO18. The monoisotopic (exact) mass is 1610 g/mol. The maximum absolute atomic E-state index is 13.6. The maximum Gasteiger partial charge on any atom is 0.220 e. The fourth-order valence-electron chi connectivity index (χ4n) is 15.1. The highest BCUT2D eigenvalue weighted by atomic mass is 16.8. The van der Waals surface area contributed by atoms with Gasteiger partial charge in [-0.25, -0.2) is 0 Å². The third-order valence-electron chi connectivity index (χ3n) is 22.4. The van der Waals surface area contributed by atoms with E-state index in [2.05, 4.69) is 129 Å². The Morgan fingerprint density at radius 2 is 0.605 bits per heavy atom. The van der Waals surface area contributed by atoms with E-state index in [9.17, 15) is 61.0 Å². The maximum atomic E-state index is 13.6. The van der Waals surface area contributed by atoms with E-state index in [1.54, 1.807) is 0 Å². The number of unbranched alkanes of at least 4 members (excludes halogenated alkanes) is 40. The van der Waals surface area contributed by atoms with Crippen molar-refractivity contribution in [2.24, 2.45) is 0 Å². The second kappa shape index (κ2) is 73.4. The van der Waals surface area contributed by atoms with Gasteiger partial charge in [0.15, 0.2) is 18.9 Å². The summed E-state index contributed by atoms with van der Waals surface area (Å²) in [7, 11) is 0. The molecule has 0 aromatic rings. The van der Waals surface area contributed by atoms with Crippen LogP contribution in [0.2, 0.25) is 0 Å². The molecule has 3 fully saturated rings. The molecule has 12 N–H and O–H groups in total. The van der Waals surface area contributed by atoms with Crippen molar-refractivity contribution in [3.05, 3.63) is 109 Å². The molecule has 0 spiro atoms. The van der Waals surface area contributed by atoms with Gasteiger partial charge in [-0.05, 0) is 83.5 Å². The number of carbonyl (C=O) groups is 1. The van der Waals surface area contributed by atoms with Gasteiger partial charge in [0.05, 0.1) is 38.6 Å². The summed E-state index contributed by atoms with van der Waals surface area (Å²) in [5, 5.41) is 121. The largest absolute Gasteiger partial charge is 0.394 e. The Balaban J connectivity index is 1.32. The summed E-state index contributed by atoms with van der Waals surface area (Å²) in [5.74, 6) is -0.245. The van der Waals surface area contributed by atoms with E-state index < -0.39 is 124 Å². The minimum atomic E-state index is -1.98. The molecule has 660 valence electrons. The Kier molecular flexibility index (Phi) is 67.4. The quantitative estimate of drug-likeness (QED) is 0.0199. The molecule has 114 heavy (non-hydrogen) atoms. The first-order valence-electron chi connectivity index (χ1n) is 46.1. The Hall–Kier alpha value is -3.55. The van der Waals surface area contributed by atoms with E-state index >= 15 is 0 Å². The van der Waals surface area contributed by atoms with E-state index in [-0.39, 0.29) is 18.9 Å². The lowest BCUT2D eigenvalue weighted by Crippen LogP contribution is -2.66. The van der Waals surface area contributed by atoms with Crippen molar-refractivity contribution < 1.29 is 89.4 Å². The van der Waals surface area contributed by atoms with E-state index in [0.717, 1.165) is 116 Å². The molecule has 0 bridgehead atoms. The summed E-state index contributed by atoms with van der Waals surface area (Å²) < 4.78 is 34.6. The molecule has 0 aliphatic carbocycles. The summed E-state index contributed by atoms with van der Waals surface area (Å²) in [6.07, 6.45) is 76.1. The van der Waals surface area contributed by atoms with Crippen LogP contribution in [0.15, 0.2) is 109 Å². The van der Waals surface area contributed by atoms with Gasteiger partial charge in [0, 0.05) is 6.42 Å². The molecule has 3 aliphatic rings. The van der Waals surface area contributed by atoms with Crippen LogP contribution in [-0.2, 0) is 33.2 Å². The number of hydrogen-bond acceptors (Lipinski definition) is 18. The first-order valence-corrected chi connectivity index (χ1v) is 46.1. The Morgan fingerprint density at radius 1 is 0.325 bits per heavy atom. The summed E-state index contributed by atoms with van der Waals surface area (Å²) in [5.41, 5.74) is 0. The lowest BCUT2D eigenvalue weighted by Gasteiger charge is -2.48. The van der Waals surface area contributed by atoms with Crippen molar-refractivity contribution >= 4 is 5.91 Å². The first kappa shape index (κ1) is 105. The molecule has 0 aromatic carbocycles. The van der Waals surface area contributed by atoms with Gasteiger partial charge in [0.2, 0.25) is 5.91 Å². The zero-order valence-corrected chi connectivity index (χ0v) is 71.3. The number of allylic oxidation sites excluding steroid dienone is 18. The number of hydrogen-bond donors (Lipinski definition) is 12. The molecule has 3 heterocycles. The van der Waals surface area contributed by atoms with E-state index in [4.69, 9.17) is 28.4 Å². The van der Waals surface area contributed by atoms with Gasteiger partial charge in [-0.15, -0.1) is 0 Å². The Morgan fingerprint density at radius 3 is 0.947 bits per heavy atom. The lowest BCUT2D eigenvalue weighted by molar-refractivity contribution is -0.379. The Labute approximate surface area is 691 Å². The molecule has 0 aromatic heterocycles. The van der Waals surface area contributed by atoms with Gasteiger partial charge in [0.25, 0.3) is 0 Å². The molecule has 0 saturated carbocycles. The zero-order chi connectivity index (χ0) is 82.4. The van der Waals surface area contributed by atoms with Gasteiger partial charge in [-0.3, -0.25) is 4.79 Å². The molecular weight excluding hydrogens is 1440 g/mol. The highest BCUT2D eigenvalue weighted by Gasteiger charge is 2.54. The van der Waals surface area contributed by atoms with E-state index in [1.165, 1.54) is 205 Å². The van der Waals surface area contributed by atoms with Gasteiger partial charge < -0.3 is 89.9 Å². The van der Waals surface area contributed by atoms with Crippen molar-refractivity contribution in [1.82, 2.24) is 5.32 Å². The zero-order valence-electron chi connectivity index (χ0n) is 71.3. The number of rotatable bonds is 74. The van der Waals surface area contributed by atoms with Crippen LogP contribution in [-0.4, -0.2) is 193 Å². The Bertz CT molecular complexity index is 2480. The number of nitrogens with one attached hydrogen (secondary N) is 1. The smallest absolute Gasteiger partial charge is 0.220 e. The predicted octanol–water partition coefficient (Wildman–Crippen LogP) is 18.0. The molecule has 19 heteroatoms. The fraction of sp³-hybridized carbons (Fsp3) is 0.800. The molecule has 0 radical (unpaired) electrons. The molecule has 3 saturated heterocycles. The van der Waals surface area contributed by atoms with Crippen molar-refractivity contribution in [2.75, 3.05) is 26.4 Å². The van der Waals surface area contributed by atoms with Gasteiger partial charge >= 0.3 is 0 Å². The number of amides is 1. The summed E-state index contributed by atoms with van der Waals surface area (Å²) in [4.78, 5) is 13.6. The summed E-state index contributed by atoms with van der Waals surface area (Å²) >= 11 is 0. The topological polar surface area (TPSA) is 307 Å². The van der Waals surface area contributed by atoms with Crippen LogP contribution in [0.5, 0.6) is 0 Å². The highest BCUT2D eigenvalue weighted by molar-refractivity contribution is 5.76. The van der Waals surface area contributed by atoms with Crippen LogP contribution < -0.4 is 5.32 Å². The molecule has 3 rings (SSSR count). The van der Waals surface area contributed by atoms with Gasteiger partial charge in [-0.1, -0.05) is 374 Å². The molecule has 17 atom stereocenters. The van der Waals surface area contributed by atoms with Crippen LogP contribution in [0.4, 0.5) is 0 Å². The standard InChI is InChI=1S/C95H167NO18/c1-3-5-7-9-11-13-15-17-19-21-23-25-27-29-31-33-35-36-37-38-39-40-41-42-43-45-47-49-51-53-55-57-59-61-63-65-67-69-71-73-83(101)96-78(79(100)72-70-68-66-64-62-60-58-56-54-52-50-48-46-44-34-32-30-28-26-24-22-20-18-16-14-12-10-8-6-4-2)77-109-93-89(107)86(104)91(81(75-98)111-93)114-95-90(108)87(105)92(82(76-99)112-95)113-94-88(106)85(103)84(102)80(74-97)110-94/h5,7,11,13,17,19,23,25,29,31,35-36,38-39,41-42,45,47,78-82,84-95,97-100,102-108H,3-4,6,8-10,12,14-16,18,20-22,24,26-28,30,32-34,37,40,43-44,46,48-77H2,1-2H3,(H,96,101)/b7-5-,13-11-,19-17-,25-23-,31-29-,36-35-,39-38-,42-41-,47-45-. The normalized spacial score (nSPS) is 25.2. The van der Waals surface area contributed by atoms with E-state index in [1.807, 2.05) is 0 Å². The third-order valence-corrected chi connectivity index (χ3v) is 22.4. The van der Waals surface area contributed by atoms with Gasteiger partial charge in [-0.2, -0.15) is 0 Å². The fourth-order valence-corrected chi connectivity index (χ4v) is 15.1. The number of aliphatic hydroxyl groups is 11. The van der Waals surface area contributed by atoms with Crippen molar-refractivity contribution in [2.45, 2.75) is 458 Å².